The molecule has 1 N–H and O–H groups in total. The third kappa shape index (κ3) is 3.66. The Kier molecular flexibility index (Phi) is 5.04. The maximum Gasteiger partial charge on any atom is 0.322 e. The number of nitrogens with zero attached hydrogens (tertiary/aromatic N) is 2. The molecule has 4 nitrogen and oxygen atoms in total. The standard InChI is InChI=1S/C20H18BrN3OS/c21-15-8-4-9-16(12-15)23-20(25)24-11-5-10-17(24)19-22-13-18(26-19)14-6-2-1-3-7-14/h1-4,6-9,12-13,17H,5,10-11H2,(H,23,25)/t17-/m0/s1. The molecule has 0 saturated carbocycles. The zero-order valence-electron chi connectivity index (χ0n) is 14.1. The summed E-state index contributed by atoms with van der Waals surface area (Å²) in [7, 11) is 0. The van der Waals surface area contributed by atoms with Crippen LogP contribution in [0.15, 0.2) is 65.3 Å². The number of rotatable bonds is 3. The molecule has 1 fully saturated rings. The van der Waals surface area contributed by atoms with Gasteiger partial charge >= 0.3 is 6.03 Å². The minimum atomic E-state index is -0.0675. The number of hydrogen-bond donors (Lipinski definition) is 1. The third-order valence-electron chi connectivity index (χ3n) is 4.46. The summed E-state index contributed by atoms with van der Waals surface area (Å²) in [5, 5.41) is 4.00. The van der Waals surface area contributed by atoms with E-state index in [-0.39, 0.29) is 12.1 Å². The number of amides is 2. The van der Waals surface area contributed by atoms with E-state index in [9.17, 15) is 4.79 Å². The van der Waals surface area contributed by atoms with Gasteiger partial charge in [0, 0.05) is 22.9 Å². The Bertz CT molecular complexity index is 912. The molecule has 2 heterocycles. The first-order chi connectivity index (χ1) is 12.7. The number of carbonyl (C=O) groups excluding carboxylic acids is 1. The van der Waals surface area contributed by atoms with Gasteiger partial charge in [0.1, 0.15) is 5.01 Å². The lowest BCUT2D eigenvalue weighted by Gasteiger charge is -2.23. The highest BCUT2D eigenvalue weighted by atomic mass is 79.9. The summed E-state index contributed by atoms with van der Waals surface area (Å²) in [5.41, 5.74) is 1.96. The number of thiazole rings is 1. The second kappa shape index (κ2) is 7.60. The Hall–Kier alpha value is -2.18. The molecule has 3 aromatic rings. The first-order valence-electron chi connectivity index (χ1n) is 8.55. The number of nitrogens with one attached hydrogen (secondary N) is 1. The summed E-state index contributed by atoms with van der Waals surface area (Å²) in [6.45, 7) is 0.755. The first-order valence-corrected chi connectivity index (χ1v) is 10.2. The van der Waals surface area contributed by atoms with Crippen LogP contribution in [0.5, 0.6) is 0 Å². The molecular formula is C20H18BrN3OS. The second-order valence-corrected chi connectivity index (χ2v) is 8.20. The predicted octanol–water partition coefficient (Wildman–Crippen LogP) is 5.94. The van der Waals surface area contributed by atoms with Crippen molar-refractivity contribution in [2.45, 2.75) is 18.9 Å². The van der Waals surface area contributed by atoms with Gasteiger partial charge in [0.05, 0.1) is 10.9 Å². The summed E-state index contributed by atoms with van der Waals surface area (Å²) < 4.78 is 0.945. The zero-order valence-corrected chi connectivity index (χ0v) is 16.5. The topological polar surface area (TPSA) is 45.2 Å². The van der Waals surface area contributed by atoms with Gasteiger partial charge in [-0.25, -0.2) is 9.78 Å². The van der Waals surface area contributed by atoms with Crippen LogP contribution in [0.2, 0.25) is 0 Å². The molecular weight excluding hydrogens is 410 g/mol. The number of aromatic nitrogens is 1. The van der Waals surface area contributed by atoms with E-state index in [1.807, 2.05) is 53.6 Å². The van der Waals surface area contributed by atoms with Crippen molar-refractivity contribution in [3.8, 4) is 10.4 Å². The van der Waals surface area contributed by atoms with Gasteiger partial charge in [0.2, 0.25) is 0 Å². The molecule has 132 valence electrons. The lowest BCUT2D eigenvalue weighted by atomic mass is 10.2. The highest BCUT2D eigenvalue weighted by Gasteiger charge is 2.32. The maximum absolute atomic E-state index is 12.8. The van der Waals surface area contributed by atoms with Gasteiger partial charge in [-0.2, -0.15) is 0 Å². The quantitative estimate of drug-likeness (QED) is 0.561. The predicted molar refractivity (Wildman–Crippen MR) is 109 cm³/mol. The third-order valence-corrected chi connectivity index (χ3v) is 6.10. The summed E-state index contributed by atoms with van der Waals surface area (Å²) in [6.07, 6.45) is 3.86. The molecule has 2 aromatic carbocycles. The highest BCUT2D eigenvalue weighted by Crippen LogP contribution is 2.37. The van der Waals surface area contributed by atoms with Crippen LogP contribution in [0, 0.1) is 0 Å². The van der Waals surface area contributed by atoms with Crippen molar-refractivity contribution in [1.29, 1.82) is 0 Å². The normalized spacial score (nSPS) is 16.7. The van der Waals surface area contributed by atoms with E-state index in [1.54, 1.807) is 11.3 Å². The fourth-order valence-electron chi connectivity index (χ4n) is 3.21. The smallest absolute Gasteiger partial charge is 0.315 e. The van der Waals surface area contributed by atoms with Crippen molar-refractivity contribution in [3.05, 3.63) is 70.3 Å². The molecule has 0 aliphatic carbocycles. The number of likely N-dealkylation sites (tertiary alicyclic amines) is 1. The summed E-state index contributed by atoms with van der Waals surface area (Å²) in [5.74, 6) is 0. The van der Waals surface area contributed by atoms with E-state index in [4.69, 9.17) is 0 Å². The Balaban J connectivity index is 1.51. The fourth-order valence-corrected chi connectivity index (χ4v) is 4.68. The Morgan fingerprint density at radius 1 is 1.19 bits per heavy atom. The van der Waals surface area contributed by atoms with Crippen LogP contribution >= 0.6 is 27.3 Å². The highest BCUT2D eigenvalue weighted by molar-refractivity contribution is 9.10. The largest absolute Gasteiger partial charge is 0.322 e. The lowest BCUT2D eigenvalue weighted by molar-refractivity contribution is 0.207. The van der Waals surface area contributed by atoms with Crippen molar-refractivity contribution in [2.75, 3.05) is 11.9 Å². The van der Waals surface area contributed by atoms with E-state index >= 15 is 0 Å². The minimum Gasteiger partial charge on any atom is -0.315 e. The maximum atomic E-state index is 12.8. The lowest BCUT2D eigenvalue weighted by Crippen LogP contribution is -2.34. The molecule has 26 heavy (non-hydrogen) atoms. The molecule has 2 amide bonds. The van der Waals surface area contributed by atoms with Gasteiger partial charge in [-0.05, 0) is 36.6 Å². The molecule has 0 unspecified atom stereocenters. The van der Waals surface area contributed by atoms with Gasteiger partial charge in [-0.1, -0.05) is 52.3 Å². The molecule has 1 aliphatic heterocycles. The molecule has 0 spiro atoms. The van der Waals surface area contributed by atoms with E-state index in [0.29, 0.717) is 0 Å². The molecule has 0 bridgehead atoms. The Morgan fingerprint density at radius 3 is 2.85 bits per heavy atom. The Labute approximate surface area is 165 Å². The molecule has 1 aliphatic rings. The van der Waals surface area contributed by atoms with Crippen LogP contribution in [0.4, 0.5) is 10.5 Å². The number of carbonyl (C=O) groups is 1. The van der Waals surface area contributed by atoms with Gasteiger partial charge < -0.3 is 10.2 Å². The monoisotopic (exact) mass is 427 g/mol. The number of hydrogen-bond acceptors (Lipinski definition) is 3. The number of anilines is 1. The van der Waals surface area contributed by atoms with Crippen LogP contribution in [0.25, 0.3) is 10.4 Å². The second-order valence-electron chi connectivity index (χ2n) is 6.22. The van der Waals surface area contributed by atoms with E-state index in [0.717, 1.165) is 39.4 Å². The van der Waals surface area contributed by atoms with E-state index in [2.05, 4.69) is 38.4 Å². The van der Waals surface area contributed by atoms with Gasteiger partial charge in [-0.15, -0.1) is 11.3 Å². The molecule has 6 heteroatoms. The van der Waals surface area contributed by atoms with Crippen molar-refractivity contribution >= 4 is 39.0 Å². The number of halogens is 1. The average molecular weight is 428 g/mol. The van der Waals surface area contributed by atoms with E-state index < -0.39 is 0 Å². The van der Waals surface area contributed by atoms with Crippen LogP contribution in [-0.2, 0) is 0 Å². The molecule has 1 atom stereocenters. The van der Waals surface area contributed by atoms with E-state index in [1.165, 1.54) is 5.56 Å². The van der Waals surface area contributed by atoms with Crippen LogP contribution in [0.3, 0.4) is 0 Å². The van der Waals surface area contributed by atoms with Crippen LogP contribution in [-0.4, -0.2) is 22.5 Å². The summed E-state index contributed by atoms with van der Waals surface area (Å²) in [4.78, 5) is 20.4. The molecule has 1 aromatic heterocycles. The number of benzene rings is 2. The van der Waals surface area contributed by atoms with Gasteiger partial charge in [-0.3, -0.25) is 0 Å². The molecule has 0 radical (unpaired) electrons. The molecule has 1 saturated heterocycles. The summed E-state index contributed by atoms with van der Waals surface area (Å²) >= 11 is 5.11. The zero-order chi connectivity index (χ0) is 17.9. The van der Waals surface area contributed by atoms with Crippen molar-refractivity contribution in [1.82, 2.24) is 9.88 Å². The van der Waals surface area contributed by atoms with Gasteiger partial charge in [0.25, 0.3) is 0 Å². The minimum absolute atomic E-state index is 0.0459. The SMILES string of the molecule is O=C(Nc1cccc(Br)c1)N1CCC[C@H]1c1ncc(-c2ccccc2)s1. The van der Waals surface area contributed by atoms with Crippen molar-refractivity contribution < 1.29 is 4.79 Å². The Morgan fingerprint density at radius 2 is 2.04 bits per heavy atom. The first kappa shape index (κ1) is 17.2. The van der Waals surface area contributed by atoms with Crippen molar-refractivity contribution in [2.24, 2.45) is 0 Å². The van der Waals surface area contributed by atoms with Crippen LogP contribution < -0.4 is 5.32 Å². The fraction of sp³-hybridized carbons (Fsp3) is 0.200. The van der Waals surface area contributed by atoms with Gasteiger partial charge in [0.15, 0.2) is 0 Å². The van der Waals surface area contributed by atoms with Crippen LogP contribution in [0.1, 0.15) is 23.9 Å². The number of urea groups is 1. The summed E-state index contributed by atoms with van der Waals surface area (Å²) in [6, 6.07) is 17.9. The molecule has 4 rings (SSSR count). The van der Waals surface area contributed by atoms with Crippen molar-refractivity contribution in [3.63, 3.8) is 0 Å². The average Bonchev–Trinajstić information content (AvgIpc) is 3.32.